The summed E-state index contributed by atoms with van der Waals surface area (Å²) in [7, 11) is 0. The van der Waals surface area contributed by atoms with Gasteiger partial charge in [0.15, 0.2) is 0 Å². The van der Waals surface area contributed by atoms with Crippen LogP contribution < -0.4 is 0 Å². The highest BCUT2D eigenvalue weighted by Crippen LogP contribution is 2.20. The Kier molecular flexibility index (Phi) is 4.70. The number of hydrogen-bond donors (Lipinski definition) is 1. The molecule has 1 N–H and O–H groups in total. The van der Waals surface area contributed by atoms with Crippen molar-refractivity contribution >= 4 is 28.3 Å². The average Bonchev–Trinajstić information content (AvgIpc) is 2.26. The standard InChI is InChI=1S/C10H10INO3/c11-7-1-2-10(13)8-3-5-9(6-4-8)12(14)15/h1,3-7,10,13H,2H2/b7-1+/t10-/m1/s1. The van der Waals surface area contributed by atoms with Crippen LogP contribution in [-0.2, 0) is 0 Å². The molecule has 0 saturated carbocycles. The van der Waals surface area contributed by atoms with Gasteiger partial charge in [0, 0.05) is 12.1 Å². The Hall–Kier alpha value is -0.950. The van der Waals surface area contributed by atoms with Crippen molar-refractivity contribution < 1.29 is 10.0 Å². The summed E-state index contributed by atoms with van der Waals surface area (Å²) in [4.78, 5) is 9.93. The fourth-order valence-corrected chi connectivity index (χ4v) is 1.43. The van der Waals surface area contributed by atoms with Gasteiger partial charge in [0.1, 0.15) is 0 Å². The van der Waals surface area contributed by atoms with Gasteiger partial charge < -0.3 is 5.11 Å². The number of non-ortho nitro benzene ring substituents is 1. The van der Waals surface area contributed by atoms with E-state index in [1.165, 1.54) is 12.1 Å². The maximum Gasteiger partial charge on any atom is 0.269 e. The molecule has 0 fully saturated rings. The molecule has 0 spiro atoms. The van der Waals surface area contributed by atoms with Crippen LogP contribution >= 0.6 is 22.6 Å². The topological polar surface area (TPSA) is 63.4 Å². The molecule has 0 bridgehead atoms. The number of aliphatic hydroxyl groups is 1. The Bertz CT molecular complexity index is 361. The Morgan fingerprint density at radius 1 is 1.47 bits per heavy atom. The summed E-state index contributed by atoms with van der Waals surface area (Å²) < 4.78 is 1.83. The largest absolute Gasteiger partial charge is 0.388 e. The van der Waals surface area contributed by atoms with Crippen LogP contribution in [0.5, 0.6) is 0 Å². The van der Waals surface area contributed by atoms with Gasteiger partial charge in [0.05, 0.1) is 11.0 Å². The number of nitrogens with zero attached hydrogens (tertiary/aromatic N) is 1. The molecule has 0 aromatic heterocycles. The summed E-state index contributed by atoms with van der Waals surface area (Å²) in [6, 6.07) is 5.94. The molecule has 5 heteroatoms. The minimum absolute atomic E-state index is 0.0374. The molecular formula is C10H10INO3. The lowest BCUT2D eigenvalue weighted by atomic mass is 10.1. The van der Waals surface area contributed by atoms with Crippen molar-refractivity contribution in [3.63, 3.8) is 0 Å². The van der Waals surface area contributed by atoms with E-state index in [0.29, 0.717) is 12.0 Å². The number of hydrogen-bond acceptors (Lipinski definition) is 3. The van der Waals surface area contributed by atoms with E-state index in [0.717, 1.165) is 0 Å². The van der Waals surface area contributed by atoms with Gasteiger partial charge in [-0.15, -0.1) is 0 Å². The predicted molar refractivity (Wildman–Crippen MR) is 65.8 cm³/mol. The normalized spacial score (nSPS) is 12.9. The summed E-state index contributed by atoms with van der Waals surface area (Å²) in [5.74, 6) is 0. The fourth-order valence-electron chi connectivity index (χ4n) is 1.13. The third kappa shape index (κ3) is 3.60. The van der Waals surface area contributed by atoms with Gasteiger partial charge in [-0.05, 0) is 28.2 Å². The van der Waals surface area contributed by atoms with Gasteiger partial charge in [-0.2, -0.15) is 0 Å². The lowest BCUT2D eigenvalue weighted by Crippen LogP contribution is -1.96. The number of aliphatic hydroxyl groups excluding tert-OH is 1. The van der Waals surface area contributed by atoms with Crippen LogP contribution in [0.3, 0.4) is 0 Å². The number of rotatable bonds is 4. The molecule has 0 unspecified atom stereocenters. The molecule has 1 rings (SSSR count). The molecule has 15 heavy (non-hydrogen) atoms. The van der Waals surface area contributed by atoms with Crippen molar-refractivity contribution in [1.82, 2.24) is 0 Å². The number of nitro groups is 1. The van der Waals surface area contributed by atoms with E-state index < -0.39 is 11.0 Å². The molecule has 0 aliphatic rings. The van der Waals surface area contributed by atoms with Crippen LogP contribution in [0.4, 0.5) is 5.69 Å². The summed E-state index contributed by atoms with van der Waals surface area (Å²) in [5.41, 5.74) is 0.727. The van der Waals surface area contributed by atoms with Gasteiger partial charge in [0.25, 0.3) is 5.69 Å². The summed E-state index contributed by atoms with van der Waals surface area (Å²) in [6.45, 7) is 0. The monoisotopic (exact) mass is 319 g/mol. The quantitative estimate of drug-likeness (QED) is 0.527. The Labute approximate surface area is 101 Å². The molecule has 4 nitrogen and oxygen atoms in total. The van der Waals surface area contributed by atoms with Gasteiger partial charge in [-0.3, -0.25) is 10.1 Å². The summed E-state index contributed by atoms with van der Waals surface area (Å²) in [5, 5.41) is 20.0. The van der Waals surface area contributed by atoms with Crippen LogP contribution in [0.15, 0.2) is 34.4 Å². The lowest BCUT2D eigenvalue weighted by molar-refractivity contribution is -0.384. The van der Waals surface area contributed by atoms with Crippen LogP contribution in [-0.4, -0.2) is 10.0 Å². The molecule has 0 heterocycles. The first-order valence-electron chi connectivity index (χ1n) is 4.33. The van der Waals surface area contributed by atoms with E-state index >= 15 is 0 Å². The predicted octanol–water partition coefficient (Wildman–Crippen LogP) is 2.97. The van der Waals surface area contributed by atoms with Crippen LogP contribution in [0.1, 0.15) is 18.1 Å². The van der Waals surface area contributed by atoms with Crippen LogP contribution in [0.2, 0.25) is 0 Å². The SMILES string of the molecule is O=[N+]([O-])c1ccc([C@H](O)C/C=C/I)cc1. The Balaban J connectivity index is 2.75. The smallest absolute Gasteiger partial charge is 0.269 e. The molecule has 0 saturated heterocycles. The molecule has 1 atom stereocenters. The van der Waals surface area contributed by atoms with Crippen LogP contribution in [0, 0.1) is 10.1 Å². The van der Waals surface area contributed by atoms with Crippen molar-refractivity contribution in [2.24, 2.45) is 0 Å². The first kappa shape index (κ1) is 12.1. The summed E-state index contributed by atoms with van der Waals surface area (Å²) in [6.07, 6.45) is 1.75. The molecule has 80 valence electrons. The first-order valence-corrected chi connectivity index (χ1v) is 5.57. The van der Waals surface area contributed by atoms with Crippen molar-refractivity contribution in [3.8, 4) is 0 Å². The van der Waals surface area contributed by atoms with Gasteiger partial charge >= 0.3 is 0 Å². The zero-order valence-corrected chi connectivity index (χ0v) is 9.99. The minimum atomic E-state index is -0.600. The highest BCUT2D eigenvalue weighted by molar-refractivity contribution is 14.1. The molecule has 0 radical (unpaired) electrons. The minimum Gasteiger partial charge on any atom is -0.388 e. The maximum atomic E-state index is 10.4. The van der Waals surface area contributed by atoms with E-state index in [-0.39, 0.29) is 5.69 Å². The van der Waals surface area contributed by atoms with E-state index in [4.69, 9.17) is 0 Å². The zero-order chi connectivity index (χ0) is 11.3. The number of halogens is 1. The van der Waals surface area contributed by atoms with Crippen LogP contribution in [0.25, 0.3) is 0 Å². The van der Waals surface area contributed by atoms with Gasteiger partial charge in [0.2, 0.25) is 0 Å². The lowest BCUT2D eigenvalue weighted by Gasteiger charge is -2.07. The second-order valence-electron chi connectivity index (χ2n) is 2.96. The third-order valence-electron chi connectivity index (χ3n) is 1.94. The molecule has 1 aromatic rings. The van der Waals surface area contributed by atoms with Crippen molar-refractivity contribution in [1.29, 1.82) is 0 Å². The third-order valence-corrected chi connectivity index (χ3v) is 2.45. The van der Waals surface area contributed by atoms with Gasteiger partial charge in [-0.25, -0.2) is 0 Å². The summed E-state index contributed by atoms with van der Waals surface area (Å²) >= 11 is 2.07. The molecule has 1 aromatic carbocycles. The number of benzene rings is 1. The Morgan fingerprint density at radius 2 is 2.07 bits per heavy atom. The van der Waals surface area contributed by atoms with E-state index in [1.807, 2.05) is 10.2 Å². The van der Waals surface area contributed by atoms with E-state index in [2.05, 4.69) is 22.6 Å². The molecular weight excluding hydrogens is 309 g/mol. The zero-order valence-electron chi connectivity index (χ0n) is 7.84. The van der Waals surface area contributed by atoms with E-state index in [1.54, 1.807) is 12.1 Å². The maximum absolute atomic E-state index is 10.4. The van der Waals surface area contributed by atoms with E-state index in [9.17, 15) is 15.2 Å². The van der Waals surface area contributed by atoms with Crippen molar-refractivity contribution in [3.05, 3.63) is 50.1 Å². The number of nitro benzene ring substituents is 1. The highest BCUT2D eigenvalue weighted by Gasteiger charge is 2.08. The second-order valence-corrected chi connectivity index (χ2v) is 3.68. The highest BCUT2D eigenvalue weighted by atomic mass is 127. The second kappa shape index (κ2) is 5.82. The molecule has 0 aliphatic heterocycles. The fraction of sp³-hybridized carbons (Fsp3) is 0.200. The molecule has 0 aliphatic carbocycles. The van der Waals surface area contributed by atoms with Crippen molar-refractivity contribution in [2.75, 3.05) is 0 Å². The average molecular weight is 319 g/mol. The molecule has 0 amide bonds. The Morgan fingerprint density at radius 3 is 2.53 bits per heavy atom. The first-order chi connectivity index (χ1) is 7.15. The van der Waals surface area contributed by atoms with Gasteiger partial charge in [-0.1, -0.05) is 28.7 Å². The van der Waals surface area contributed by atoms with Crippen molar-refractivity contribution in [2.45, 2.75) is 12.5 Å².